The standard InChI is InChI=1S/C10H16O2.C9H20O4.C8H6O2.4CH4/c1-11-9-7-5-3-4-6-8-10-12-2;1-10-6-8-12-4-3-5-13-9-7-11-2;1-9-7-5-3-4-6-8-10-2;;;;/h3-8H,9-10H2,1-2H3;3-9H2,1-2H3;1-2H3;4*1H4/b4-3+,7-5+,8-6+;;;;;;. The number of rotatable bonds is 16. The van der Waals surface area contributed by atoms with Gasteiger partial charge >= 0.3 is 0 Å². The van der Waals surface area contributed by atoms with Crippen LogP contribution in [0, 0.1) is 35.9 Å². The smallest absolute Gasteiger partial charge is 0.124 e. The van der Waals surface area contributed by atoms with Crippen LogP contribution in [-0.2, 0) is 37.9 Å². The fraction of sp³-hybridized carbons (Fsp3) is 0.613. The third-order valence-corrected chi connectivity index (χ3v) is 3.07. The van der Waals surface area contributed by atoms with Gasteiger partial charge in [0.1, 0.15) is 12.2 Å². The lowest BCUT2D eigenvalue weighted by atomic mass is 10.4. The normalized spacial score (nSPS) is 8.56. The zero-order chi connectivity index (χ0) is 26.5. The Morgan fingerprint density at radius 1 is 0.436 bits per heavy atom. The van der Waals surface area contributed by atoms with Crippen LogP contribution in [0.2, 0.25) is 0 Å². The van der Waals surface area contributed by atoms with E-state index in [4.69, 9.17) is 28.4 Å². The molecule has 0 saturated carbocycles. The average Bonchev–Trinajstić information content (AvgIpc) is 2.88. The Bertz CT molecular complexity index is 614. The molecule has 8 heteroatoms. The molecular weight excluding hydrogens is 500 g/mol. The second-order valence-electron chi connectivity index (χ2n) is 5.83. The maximum Gasteiger partial charge on any atom is 0.124 e. The van der Waals surface area contributed by atoms with E-state index in [-0.39, 0.29) is 29.7 Å². The SMILES string of the molecule is C.C.C.C.COC#CC#CC#COC.COC/C=C/C=C/C=C/COC.COCCOCCCOCCOC. The fourth-order valence-corrected chi connectivity index (χ4v) is 1.56. The van der Waals surface area contributed by atoms with Gasteiger partial charge in [0.05, 0.1) is 53.9 Å². The third-order valence-electron chi connectivity index (χ3n) is 3.07. The van der Waals surface area contributed by atoms with Crippen LogP contribution in [0.15, 0.2) is 36.5 Å². The van der Waals surface area contributed by atoms with Crippen molar-refractivity contribution in [1.82, 2.24) is 0 Å². The number of methoxy groups -OCH3 is 6. The fourth-order valence-electron chi connectivity index (χ4n) is 1.56. The summed E-state index contributed by atoms with van der Waals surface area (Å²) in [6.07, 6.45) is 17.2. The molecule has 0 atom stereocenters. The van der Waals surface area contributed by atoms with Gasteiger partial charge in [0.15, 0.2) is 0 Å². The molecule has 39 heavy (non-hydrogen) atoms. The van der Waals surface area contributed by atoms with Crippen molar-refractivity contribution < 1.29 is 37.9 Å². The Morgan fingerprint density at radius 3 is 1.13 bits per heavy atom. The molecule has 0 fully saturated rings. The van der Waals surface area contributed by atoms with Crippen molar-refractivity contribution in [3.05, 3.63) is 36.5 Å². The average molecular weight is 559 g/mol. The Labute approximate surface area is 242 Å². The first-order valence-corrected chi connectivity index (χ1v) is 10.9. The monoisotopic (exact) mass is 558 g/mol. The summed E-state index contributed by atoms with van der Waals surface area (Å²) in [5.41, 5.74) is 0. The van der Waals surface area contributed by atoms with Crippen molar-refractivity contribution in [3.8, 4) is 35.9 Å². The van der Waals surface area contributed by atoms with Crippen molar-refractivity contribution in [3.63, 3.8) is 0 Å². The van der Waals surface area contributed by atoms with Crippen LogP contribution >= 0.6 is 0 Å². The zero-order valence-electron chi connectivity index (χ0n) is 22.1. The van der Waals surface area contributed by atoms with Crippen molar-refractivity contribution in [2.75, 3.05) is 95.5 Å². The summed E-state index contributed by atoms with van der Waals surface area (Å²) >= 11 is 0. The van der Waals surface area contributed by atoms with Gasteiger partial charge in [-0.3, -0.25) is 0 Å². The minimum Gasteiger partial charge on any atom is -0.449 e. The highest BCUT2D eigenvalue weighted by molar-refractivity contribution is 5.33. The van der Waals surface area contributed by atoms with Gasteiger partial charge in [0.25, 0.3) is 0 Å². The third kappa shape index (κ3) is 72.1. The molecule has 0 bridgehead atoms. The van der Waals surface area contributed by atoms with Gasteiger partial charge < -0.3 is 37.9 Å². The molecule has 0 rings (SSSR count). The van der Waals surface area contributed by atoms with E-state index in [1.807, 2.05) is 36.5 Å². The molecule has 0 aliphatic rings. The zero-order valence-corrected chi connectivity index (χ0v) is 22.1. The summed E-state index contributed by atoms with van der Waals surface area (Å²) in [6.45, 7) is 5.42. The maximum atomic E-state index is 5.24. The number of allylic oxidation sites excluding steroid dienone is 4. The molecule has 230 valence electrons. The summed E-state index contributed by atoms with van der Waals surface area (Å²) in [5, 5.41) is 0. The lowest BCUT2D eigenvalue weighted by Gasteiger charge is -2.04. The summed E-state index contributed by atoms with van der Waals surface area (Å²) < 4.78 is 38.6. The lowest BCUT2D eigenvalue weighted by Crippen LogP contribution is -2.07. The van der Waals surface area contributed by atoms with E-state index in [1.165, 1.54) is 14.2 Å². The van der Waals surface area contributed by atoms with Crippen LogP contribution in [-0.4, -0.2) is 95.5 Å². The van der Waals surface area contributed by atoms with E-state index in [9.17, 15) is 0 Å². The molecule has 0 aliphatic heterocycles. The first-order valence-electron chi connectivity index (χ1n) is 10.9. The van der Waals surface area contributed by atoms with Crippen LogP contribution in [0.5, 0.6) is 0 Å². The van der Waals surface area contributed by atoms with E-state index >= 15 is 0 Å². The van der Waals surface area contributed by atoms with Crippen LogP contribution in [0.3, 0.4) is 0 Å². The molecule has 0 N–H and O–H groups in total. The van der Waals surface area contributed by atoms with Crippen molar-refractivity contribution >= 4 is 0 Å². The summed E-state index contributed by atoms with van der Waals surface area (Å²) in [7, 11) is 9.61. The first-order chi connectivity index (χ1) is 17.2. The number of ether oxygens (including phenoxy) is 8. The van der Waals surface area contributed by atoms with Gasteiger partial charge in [-0.25, -0.2) is 0 Å². The Hall–Kier alpha value is -2.74. The predicted molar refractivity (Wildman–Crippen MR) is 165 cm³/mol. The Kier molecular flexibility index (Phi) is 81.0. The molecule has 0 aliphatic carbocycles. The molecule has 0 aromatic rings. The van der Waals surface area contributed by atoms with Crippen molar-refractivity contribution in [1.29, 1.82) is 0 Å². The van der Waals surface area contributed by atoms with Gasteiger partial charge in [0, 0.05) is 65.3 Å². The van der Waals surface area contributed by atoms with E-state index < -0.39 is 0 Å². The molecule has 0 heterocycles. The quantitative estimate of drug-likeness (QED) is 0.142. The van der Waals surface area contributed by atoms with Gasteiger partial charge in [0.2, 0.25) is 0 Å². The van der Waals surface area contributed by atoms with E-state index in [1.54, 1.807) is 28.4 Å². The molecule has 0 aromatic heterocycles. The van der Waals surface area contributed by atoms with Gasteiger partial charge in [-0.15, -0.1) is 0 Å². The molecule has 0 amide bonds. The van der Waals surface area contributed by atoms with Crippen molar-refractivity contribution in [2.45, 2.75) is 36.1 Å². The molecule has 0 aromatic carbocycles. The van der Waals surface area contributed by atoms with Crippen LogP contribution in [0.1, 0.15) is 36.1 Å². The molecule has 0 unspecified atom stereocenters. The van der Waals surface area contributed by atoms with E-state index in [2.05, 4.69) is 45.4 Å². The van der Waals surface area contributed by atoms with Gasteiger partial charge in [-0.2, -0.15) is 0 Å². The number of hydrogen-bond donors (Lipinski definition) is 0. The maximum absolute atomic E-state index is 5.24. The molecule has 0 saturated heterocycles. The molecular formula is C31H58O8. The van der Waals surface area contributed by atoms with E-state index in [0.717, 1.165) is 19.6 Å². The summed E-state index contributed by atoms with van der Waals surface area (Å²) in [5.74, 6) is 9.67. The molecule has 8 nitrogen and oxygen atoms in total. The highest BCUT2D eigenvalue weighted by atomic mass is 16.5. The van der Waals surface area contributed by atoms with Crippen molar-refractivity contribution in [2.24, 2.45) is 0 Å². The van der Waals surface area contributed by atoms with Crippen LogP contribution in [0.25, 0.3) is 0 Å². The number of hydrogen-bond acceptors (Lipinski definition) is 8. The Balaban J connectivity index is -0.0000000755. The Morgan fingerprint density at radius 2 is 0.821 bits per heavy atom. The summed E-state index contributed by atoms with van der Waals surface area (Å²) in [4.78, 5) is 0. The second-order valence-corrected chi connectivity index (χ2v) is 5.83. The molecule has 0 radical (unpaired) electrons. The lowest BCUT2D eigenvalue weighted by molar-refractivity contribution is 0.0378. The molecule has 0 spiro atoms. The second kappa shape index (κ2) is 60.0. The first kappa shape index (κ1) is 52.7. The topological polar surface area (TPSA) is 73.8 Å². The highest BCUT2D eigenvalue weighted by Gasteiger charge is 1.90. The minimum absolute atomic E-state index is 0. The summed E-state index contributed by atoms with van der Waals surface area (Å²) in [6, 6.07) is 0. The van der Waals surface area contributed by atoms with E-state index in [0.29, 0.717) is 39.6 Å². The minimum atomic E-state index is 0. The highest BCUT2D eigenvalue weighted by Crippen LogP contribution is 1.86. The van der Waals surface area contributed by atoms with Crippen LogP contribution in [0.4, 0.5) is 0 Å². The van der Waals surface area contributed by atoms with Gasteiger partial charge in [-0.1, -0.05) is 66.2 Å². The van der Waals surface area contributed by atoms with Crippen LogP contribution < -0.4 is 0 Å². The van der Waals surface area contributed by atoms with Gasteiger partial charge in [-0.05, 0) is 6.42 Å². The predicted octanol–water partition coefficient (Wildman–Crippen LogP) is 5.40. The largest absolute Gasteiger partial charge is 0.449 e.